The topological polar surface area (TPSA) is 38.0 Å². The zero-order valence-electron chi connectivity index (χ0n) is 8.99. The molecule has 1 atom stereocenters. The third-order valence-corrected chi connectivity index (χ3v) is 4.36. The lowest BCUT2D eigenvalue weighted by Gasteiger charge is -2.15. The summed E-state index contributed by atoms with van der Waals surface area (Å²) in [5.41, 5.74) is 3.92. The number of hydrogen-bond acceptors (Lipinski definition) is 3. The van der Waals surface area contributed by atoms with Crippen LogP contribution in [0.25, 0.3) is 0 Å². The average molecular weight is 332 g/mol. The lowest BCUT2D eigenvalue weighted by atomic mass is 10.1. The molecule has 0 saturated carbocycles. The summed E-state index contributed by atoms with van der Waals surface area (Å²) in [5, 5.41) is 2.80. The first kappa shape index (κ1) is 13.1. The van der Waals surface area contributed by atoms with Crippen molar-refractivity contribution in [1.82, 2.24) is 5.43 Å². The summed E-state index contributed by atoms with van der Waals surface area (Å²) in [4.78, 5) is 1.21. The fourth-order valence-corrected chi connectivity index (χ4v) is 3.18. The van der Waals surface area contributed by atoms with Gasteiger partial charge in [0.1, 0.15) is 0 Å². The van der Waals surface area contributed by atoms with Gasteiger partial charge >= 0.3 is 0 Å². The zero-order chi connectivity index (χ0) is 12.3. The SMILES string of the molecule is NNC(Cc1ccc(Br)cc1Cl)c1cccs1. The summed E-state index contributed by atoms with van der Waals surface area (Å²) >= 11 is 11.3. The average Bonchev–Trinajstić information content (AvgIpc) is 2.81. The Morgan fingerprint density at radius 2 is 2.24 bits per heavy atom. The Bertz CT molecular complexity index is 487. The molecule has 2 aromatic rings. The second-order valence-corrected chi connectivity index (χ2v) is 5.98. The number of hydrazine groups is 1. The first-order valence-corrected chi connectivity index (χ1v) is 7.19. The van der Waals surface area contributed by atoms with Gasteiger partial charge in [0.15, 0.2) is 0 Å². The molecule has 17 heavy (non-hydrogen) atoms. The van der Waals surface area contributed by atoms with Gasteiger partial charge in [0.2, 0.25) is 0 Å². The Labute approximate surface area is 118 Å². The van der Waals surface area contributed by atoms with E-state index in [1.807, 2.05) is 29.6 Å². The predicted molar refractivity (Wildman–Crippen MR) is 77.2 cm³/mol. The van der Waals surface area contributed by atoms with Crippen molar-refractivity contribution < 1.29 is 0 Å². The van der Waals surface area contributed by atoms with Crippen molar-refractivity contribution in [2.45, 2.75) is 12.5 Å². The summed E-state index contributed by atoms with van der Waals surface area (Å²) in [7, 11) is 0. The van der Waals surface area contributed by atoms with E-state index in [1.54, 1.807) is 11.3 Å². The second-order valence-electron chi connectivity index (χ2n) is 3.67. The Balaban J connectivity index is 2.19. The molecule has 5 heteroatoms. The second kappa shape index (κ2) is 5.98. The van der Waals surface area contributed by atoms with Crippen LogP contribution in [0, 0.1) is 0 Å². The molecule has 0 aliphatic heterocycles. The molecule has 0 aliphatic rings. The van der Waals surface area contributed by atoms with Crippen LogP contribution in [0.15, 0.2) is 40.2 Å². The lowest BCUT2D eigenvalue weighted by Crippen LogP contribution is -2.29. The largest absolute Gasteiger partial charge is 0.271 e. The molecule has 90 valence electrons. The van der Waals surface area contributed by atoms with E-state index in [2.05, 4.69) is 27.4 Å². The van der Waals surface area contributed by atoms with Gasteiger partial charge in [-0.15, -0.1) is 11.3 Å². The molecule has 3 N–H and O–H groups in total. The number of nitrogens with one attached hydrogen (secondary N) is 1. The maximum absolute atomic E-state index is 6.20. The smallest absolute Gasteiger partial charge is 0.0594 e. The highest BCUT2D eigenvalue weighted by Crippen LogP contribution is 2.27. The van der Waals surface area contributed by atoms with Crippen molar-refractivity contribution in [1.29, 1.82) is 0 Å². The van der Waals surface area contributed by atoms with Gasteiger partial charge in [-0.3, -0.25) is 11.3 Å². The van der Waals surface area contributed by atoms with Crippen LogP contribution in [0.3, 0.4) is 0 Å². The Kier molecular flexibility index (Phi) is 4.59. The summed E-state index contributed by atoms with van der Waals surface area (Å²) in [6, 6.07) is 10.1. The van der Waals surface area contributed by atoms with Crippen molar-refractivity contribution >= 4 is 38.9 Å². The molecule has 1 aromatic carbocycles. The van der Waals surface area contributed by atoms with Crippen molar-refractivity contribution in [3.05, 3.63) is 55.6 Å². The molecule has 0 bridgehead atoms. The van der Waals surface area contributed by atoms with E-state index in [-0.39, 0.29) is 6.04 Å². The Morgan fingerprint density at radius 1 is 1.41 bits per heavy atom. The molecule has 0 spiro atoms. The van der Waals surface area contributed by atoms with Crippen molar-refractivity contribution in [2.24, 2.45) is 5.84 Å². The minimum absolute atomic E-state index is 0.105. The van der Waals surface area contributed by atoms with Crippen LogP contribution in [0.2, 0.25) is 5.02 Å². The predicted octanol–water partition coefficient (Wildman–Crippen LogP) is 3.91. The number of nitrogens with two attached hydrogens (primary N) is 1. The molecule has 1 heterocycles. The standard InChI is InChI=1S/C12H12BrClN2S/c13-9-4-3-8(10(14)7-9)6-11(16-15)12-2-1-5-17-12/h1-5,7,11,16H,6,15H2. The van der Waals surface area contributed by atoms with Gasteiger partial charge in [-0.1, -0.05) is 39.7 Å². The minimum Gasteiger partial charge on any atom is -0.271 e. The maximum Gasteiger partial charge on any atom is 0.0594 e. The molecule has 0 aliphatic carbocycles. The number of hydrogen-bond donors (Lipinski definition) is 2. The van der Waals surface area contributed by atoms with Crippen molar-refractivity contribution in [2.75, 3.05) is 0 Å². The van der Waals surface area contributed by atoms with Gasteiger partial charge in [-0.05, 0) is 35.6 Å². The highest BCUT2D eigenvalue weighted by molar-refractivity contribution is 9.10. The zero-order valence-corrected chi connectivity index (χ0v) is 12.1. The molecule has 0 amide bonds. The minimum atomic E-state index is 0.105. The first-order valence-electron chi connectivity index (χ1n) is 5.14. The molecule has 1 unspecified atom stereocenters. The summed E-state index contributed by atoms with van der Waals surface area (Å²) in [6.45, 7) is 0. The fourth-order valence-electron chi connectivity index (χ4n) is 1.64. The molecule has 2 rings (SSSR count). The van der Waals surface area contributed by atoms with Gasteiger partial charge in [0.25, 0.3) is 0 Å². The van der Waals surface area contributed by atoms with E-state index < -0.39 is 0 Å². The van der Waals surface area contributed by atoms with Crippen LogP contribution >= 0.6 is 38.9 Å². The van der Waals surface area contributed by atoms with Crippen LogP contribution < -0.4 is 11.3 Å². The number of halogens is 2. The Hall–Kier alpha value is -0.390. The fraction of sp³-hybridized carbons (Fsp3) is 0.167. The van der Waals surface area contributed by atoms with Gasteiger partial charge in [0.05, 0.1) is 6.04 Å². The van der Waals surface area contributed by atoms with Gasteiger partial charge in [-0.2, -0.15) is 0 Å². The highest BCUT2D eigenvalue weighted by Gasteiger charge is 2.13. The molecule has 0 fully saturated rings. The van der Waals surface area contributed by atoms with E-state index in [0.29, 0.717) is 0 Å². The summed E-state index contributed by atoms with van der Waals surface area (Å²) in [6.07, 6.45) is 0.781. The Morgan fingerprint density at radius 3 is 2.82 bits per heavy atom. The van der Waals surface area contributed by atoms with E-state index in [4.69, 9.17) is 17.4 Å². The van der Waals surface area contributed by atoms with Gasteiger partial charge in [0, 0.05) is 14.4 Å². The number of thiophene rings is 1. The molecule has 1 aromatic heterocycles. The van der Waals surface area contributed by atoms with E-state index in [0.717, 1.165) is 21.5 Å². The van der Waals surface area contributed by atoms with Crippen LogP contribution in [0.5, 0.6) is 0 Å². The van der Waals surface area contributed by atoms with E-state index in [1.165, 1.54) is 4.88 Å². The number of rotatable bonds is 4. The maximum atomic E-state index is 6.20. The molecular weight excluding hydrogens is 320 g/mol. The van der Waals surface area contributed by atoms with E-state index >= 15 is 0 Å². The summed E-state index contributed by atoms with van der Waals surface area (Å²) < 4.78 is 0.986. The monoisotopic (exact) mass is 330 g/mol. The van der Waals surface area contributed by atoms with Crippen LogP contribution in [-0.2, 0) is 6.42 Å². The third-order valence-electron chi connectivity index (χ3n) is 2.53. The first-order chi connectivity index (χ1) is 8.20. The molecule has 0 saturated heterocycles. The van der Waals surface area contributed by atoms with Crippen LogP contribution in [0.4, 0.5) is 0 Å². The molecular formula is C12H12BrClN2S. The van der Waals surface area contributed by atoms with Crippen LogP contribution in [0.1, 0.15) is 16.5 Å². The number of benzene rings is 1. The summed E-state index contributed by atoms with van der Waals surface area (Å²) in [5.74, 6) is 5.60. The lowest BCUT2D eigenvalue weighted by molar-refractivity contribution is 0.560. The quantitative estimate of drug-likeness (QED) is 0.658. The van der Waals surface area contributed by atoms with Crippen molar-refractivity contribution in [3.63, 3.8) is 0 Å². The third kappa shape index (κ3) is 3.30. The normalized spacial score (nSPS) is 12.6. The molecule has 0 radical (unpaired) electrons. The van der Waals surface area contributed by atoms with Crippen molar-refractivity contribution in [3.8, 4) is 0 Å². The molecule has 2 nitrogen and oxygen atoms in total. The van der Waals surface area contributed by atoms with Gasteiger partial charge in [-0.25, -0.2) is 0 Å². The van der Waals surface area contributed by atoms with Crippen LogP contribution in [-0.4, -0.2) is 0 Å². The highest BCUT2D eigenvalue weighted by atomic mass is 79.9. The van der Waals surface area contributed by atoms with Gasteiger partial charge < -0.3 is 0 Å². The van der Waals surface area contributed by atoms with E-state index in [9.17, 15) is 0 Å².